The smallest absolute Gasteiger partial charge is 0.118 e. The molecule has 1 aliphatic rings. The maximum absolute atomic E-state index is 9.42. The summed E-state index contributed by atoms with van der Waals surface area (Å²) in [4.78, 5) is 4.93. The van der Waals surface area contributed by atoms with Crippen LogP contribution in [-0.4, -0.2) is 47.2 Å². The van der Waals surface area contributed by atoms with E-state index in [0.29, 0.717) is 6.04 Å². The minimum absolute atomic E-state index is 0.240. The van der Waals surface area contributed by atoms with Crippen molar-refractivity contribution in [2.24, 2.45) is 0 Å². The molecule has 0 aliphatic carbocycles. The number of aliphatic hydroxyl groups is 1. The Morgan fingerprint density at radius 3 is 2.61 bits per heavy atom. The van der Waals surface area contributed by atoms with Crippen LogP contribution in [-0.2, 0) is 13.1 Å². The van der Waals surface area contributed by atoms with E-state index in [1.807, 2.05) is 13.0 Å². The van der Waals surface area contributed by atoms with Crippen molar-refractivity contribution in [1.29, 1.82) is 0 Å². The summed E-state index contributed by atoms with van der Waals surface area (Å²) in [5, 5.41) is 9.42. The number of aryl methyl sites for hydroxylation is 1. The SMILES string of the molecule is Cc1ccc(CN2CCN(Cc3ccccc3)[C@@H](CCO)C2)o1. The first-order chi connectivity index (χ1) is 11.2. The van der Waals surface area contributed by atoms with Gasteiger partial charge in [0.2, 0.25) is 0 Å². The van der Waals surface area contributed by atoms with Gasteiger partial charge in [0.25, 0.3) is 0 Å². The quantitative estimate of drug-likeness (QED) is 0.890. The first-order valence-electron chi connectivity index (χ1n) is 8.41. The summed E-state index contributed by atoms with van der Waals surface area (Å²) in [6.07, 6.45) is 0.820. The lowest BCUT2D eigenvalue weighted by Crippen LogP contribution is -2.52. The van der Waals surface area contributed by atoms with E-state index in [4.69, 9.17) is 4.42 Å². The van der Waals surface area contributed by atoms with Gasteiger partial charge in [-0.3, -0.25) is 9.80 Å². The summed E-state index contributed by atoms with van der Waals surface area (Å²) < 4.78 is 5.70. The molecular formula is C19H26N2O2. The molecule has 1 N–H and O–H groups in total. The van der Waals surface area contributed by atoms with E-state index in [2.05, 4.69) is 46.2 Å². The first-order valence-corrected chi connectivity index (χ1v) is 8.41. The maximum Gasteiger partial charge on any atom is 0.118 e. The first kappa shape index (κ1) is 16.2. The monoisotopic (exact) mass is 314 g/mol. The molecule has 1 atom stereocenters. The second-order valence-corrected chi connectivity index (χ2v) is 6.37. The van der Waals surface area contributed by atoms with Crippen LogP contribution in [0, 0.1) is 6.92 Å². The van der Waals surface area contributed by atoms with Gasteiger partial charge in [0.15, 0.2) is 0 Å². The molecule has 3 rings (SSSR count). The van der Waals surface area contributed by atoms with Gasteiger partial charge in [-0.2, -0.15) is 0 Å². The summed E-state index contributed by atoms with van der Waals surface area (Å²) in [5.74, 6) is 2.00. The van der Waals surface area contributed by atoms with Crippen LogP contribution in [0.5, 0.6) is 0 Å². The predicted octanol–water partition coefficient (Wildman–Crippen LogP) is 2.66. The molecule has 2 aromatic rings. The molecule has 2 heterocycles. The summed E-state index contributed by atoms with van der Waals surface area (Å²) >= 11 is 0. The van der Waals surface area contributed by atoms with Gasteiger partial charge in [0, 0.05) is 38.8 Å². The van der Waals surface area contributed by atoms with Crippen molar-refractivity contribution in [2.45, 2.75) is 32.5 Å². The number of piperazine rings is 1. The van der Waals surface area contributed by atoms with Crippen molar-refractivity contribution in [3.05, 3.63) is 59.5 Å². The van der Waals surface area contributed by atoms with Crippen molar-refractivity contribution in [3.63, 3.8) is 0 Å². The molecule has 1 fully saturated rings. The molecule has 0 radical (unpaired) electrons. The third-order valence-corrected chi connectivity index (χ3v) is 4.56. The molecule has 0 bridgehead atoms. The molecule has 1 saturated heterocycles. The van der Waals surface area contributed by atoms with Crippen molar-refractivity contribution >= 4 is 0 Å². The van der Waals surface area contributed by atoms with Gasteiger partial charge >= 0.3 is 0 Å². The van der Waals surface area contributed by atoms with Crippen molar-refractivity contribution in [3.8, 4) is 0 Å². The van der Waals surface area contributed by atoms with Crippen LogP contribution in [0.4, 0.5) is 0 Å². The minimum atomic E-state index is 0.240. The highest BCUT2D eigenvalue weighted by Gasteiger charge is 2.27. The largest absolute Gasteiger partial charge is 0.465 e. The summed E-state index contributed by atoms with van der Waals surface area (Å²) in [7, 11) is 0. The molecule has 0 spiro atoms. The lowest BCUT2D eigenvalue weighted by atomic mass is 10.1. The zero-order valence-corrected chi connectivity index (χ0v) is 13.8. The number of aliphatic hydroxyl groups excluding tert-OH is 1. The van der Waals surface area contributed by atoms with Crippen LogP contribution < -0.4 is 0 Å². The zero-order valence-electron chi connectivity index (χ0n) is 13.8. The Balaban J connectivity index is 1.61. The molecule has 0 amide bonds. The Morgan fingerprint density at radius 2 is 1.91 bits per heavy atom. The highest BCUT2D eigenvalue weighted by Crippen LogP contribution is 2.19. The van der Waals surface area contributed by atoms with E-state index in [9.17, 15) is 5.11 Å². The molecule has 1 aromatic heterocycles. The van der Waals surface area contributed by atoms with Gasteiger partial charge in [-0.05, 0) is 31.0 Å². The van der Waals surface area contributed by atoms with Crippen LogP contribution in [0.15, 0.2) is 46.9 Å². The van der Waals surface area contributed by atoms with Gasteiger partial charge in [-0.1, -0.05) is 30.3 Å². The normalized spacial score (nSPS) is 20.0. The number of rotatable bonds is 6. The van der Waals surface area contributed by atoms with Crippen LogP contribution in [0.2, 0.25) is 0 Å². The molecule has 0 saturated carbocycles. The third-order valence-electron chi connectivity index (χ3n) is 4.56. The Morgan fingerprint density at radius 1 is 1.09 bits per heavy atom. The van der Waals surface area contributed by atoms with E-state index >= 15 is 0 Å². The topological polar surface area (TPSA) is 39.9 Å². The number of furan rings is 1. The molecule has 23 heavy (non-hydrogen) atoms. The van der Waals surface area contributed by atoms with Gasteiger partial charge in [0.1, 0.15) is 11.5 Å². The number of nitrogens with zero attached hydrogens (tertiary/aromatic N) is 2. The second-order valence-electron chi connectivity index (χ2n) is 6.37. The van der Waals surface area contributed by atoms with E-state index in [1.165, 1.54) is 5.56 Å². The molecule has 4 heteroatoms. The fraction of sp³-hybridized carbons (Fsp3) is 0.474. The second kappa shape index (κ2) is 7.77. The number of hydrogen-bond acceptors (Lipinski definition) is 4. The molecule has 1 aliphatic heterocycles. The molecule has 0 unspecified atom stereocenters. The summed E-state index contributed by atoms with van der Waals surface area (Å²) in [6.45, 7) is 7.08. The van der Waals surface area contributed by atoms with Gasteiger partial charge < -0.3 is 9.52 Å². The molecule has 124 valence electrons. The van der Waals surface area contributed by atoms with E-state index in [0.717, 1.165) is 50.7 Å². The number of hydrogen-bond donors (Lipinski definition) is 1. The fourth-order valence-electron chi connectivity index (χ4n) is 3.34. The lowest BCUT2D eigenvalue weighted by molar-refractivity contribution is 0.0467. The maximum atomic E-state index is 9.42. The Kier molecular flexibility index (Phi) is 5.49. The van der Waals surface area contributed by atoms with Gasteiger partial charge in [-0.25, -0.2) is 0 Å². The Bertz CT molecular complexity index is 596. The molecule has 1 aromatic carbocycles. The van der Waals surface area contributed by atoms with Crippen molar-refractivity contribution in [2.75, 3.05) is 26.2 Å². The van der Waals surface area contributed by atoms with E-state index < -0.39 is 0 Å². The van der Waals surface area contributed by atoms with Crippen molar-refractivity contribution < 1.29 is 9.52 Å². The van der Waals surface area contributed by atoms with Crippen LogP contribution in [0.1, 0.15) is 23.5 Å². The highest BCUT2D eigenvalue weighted by molar-refractivity contribution is 5.15. The molecule has 4 nitrogen and oxygen atoms in total. The summed E-state index contributed by atoms with van der Waals surface area (Å²) in [5.41, 5.74) is 1.34. The summed E-state index contributed by atoms with van der Waals surface area (Å²) in [6, 6.07) is 15.1. The Hall–Kier alpha value is -1.62. The Labute approximate surface area is 138 Å². The minimum Gasteiger partial charge on any atom is -0.465 e. The van der Waals surface area contributed by atoms with Gasteiger partial charge in [0.05, 0.1) is 6.54 Å². The predicted molar refractivity (Wildman–Crippen MR) is 91.1 cm³/mol. The highest BCUT2D eigenvalue weighted by atomic mass is 16.3. The standard InChI is InChI=1S/C19H26N2O2/c1-16-7-8-19(23-16)15-20-10-11-21(18(14-20)9-12-22)13-17-5-3-2-4-6-17/h2-8,18,22H,9-15H2,1H3/t18-/m0/s1. The fourth-order valence-corrected chi connectivity index (χ4v) is 3.34. The van der Waals surface area contributed by atoms with E-state index in [-0.39, 0.29) is 6.61 Å². The van der Waals surface area contributed by atoms with E-state index in [1.54, 1.807) is 0 Å². The van der Waals surface area contributed by atoms with Crippen LogP contribution in [0.3, 0.4) is 0 Å². The third kappa shape index (κ3) is 4.44. The zero-order chi connectivity index (χ0) is 16.1. The average Bonchev–Trinajstić information content (AvgIpc) is 2.96. The van der Waals surface area contributed by atoms with Crippen LogP contribution in [0.25, 0.3) is 0 Å². The average molecular weight is 314 g/mol. The number of benzene rings is 1. The van der Waals surface area contributed by atoms with Gasteiger partial charge in [-0.15, -0.1) is 0 Å². The molecular weight excluding hydrogens is 288 g/mol. The van der Waals surface area contributed by atoms with Crippen molar-refractivity contribution in [1.82, 2.24) is 9.80 Å². The lowest BCUT2D eigenvalue weighted by Gasteiger charge is -2.41. The van der Waals surface area contributed by atoms with Crippen LogP contribution >= 0.6 is 0 Å².